The number of nitrogens with zero attached hydrogens (tertiary/aromatic N) is 3. The molecule has 16 heavy (non-hydrogen) atoms. The lowest BCUT2D eigenvalue weighted by atomic mass is 10.3. The molecular weight excluding hydrogens is 202 g/mol. The second-order valence-electron chi connectivity index (χ2n) is 3.18. The van der Waals surface area contributed by atoms with Crippen molar-refractivity contribution in [1.82, 2.24) is 9.97 Å². The van der Waals surface area contributed by atoms with Gasteiger partial charge in [-0.1, -0.05) is 0 Å². The van der Waals surface area contributed by atoms with Gasteiger partial charge in [0.1, 0.15) is 0 Å². The number of ether oxygens (including phenoxy) is 1. The van der Waals surface area contributed by atoms with Gasteiger partial charge in [0.15, 0.2) is 5.75 Å². The fourth-order valence-electron chi connectivity index (χ4n) is 1.22. The lowest BCUT2D eigenvalue weighted by molar-refractivity contribution is 0.456. The Labute approximate surface area is 93.2 Å². The van der Waals surface area contributed by atoms with Crippen LogP contribution in [0.1, 0.15) is 11.3 Å². The molecule has 4 heteroatoms. The van der Waals surface area contributed by atoms with E-state index in [4.69, 9.17) is 10.00 Å². The van der Waals surface area contributed by atoms with Crippen molar-refractivity contribution in [3.8, 4) is 17.7 Å². The summed E-state index contributed by atoms with van der Waals surface area (Å²) in [5, 5.41) is 8.74. The lowest BCUT2D eigenvalue weighted by Crippen LogP contribution is -1.92. The fraction of sp³-hybridized carbons (Fsp3) is 0.0833. The van der Waals surface area contributed by atoms with Crippen LogP contribution >= 0.6 is 0 Å². The molecule has 0 bridgehead atoms. The molecule has 0 radical (unpaired) electrons. The average molecular weight is 211 g/mol. The van der Waals surface area contributed by atoms with Crippen LogP contribution in [-0.2, 0) is 0 Å². The molecule has 2 aromatic heterocycles. The van der Waals surface area contributed by atoms with Crippen LogP contribution in [0.15, 0.2) is 36.7 Å². The van der Waals surface area contributed by atoms with Gasteiger partial charge in [0.05, 0.1) is 17.3 Å². The largest absolute Gasteiger partial charge is 0.437 e. The first kappa shape index (κ1) is 10.1. The second-order valence-corrected chi connectivity index (χ2v) is 3.18. The summed E-state index contributed by atoms with van der Waals surface area (Å²) < 4.78 is 5.53. The van der Waals surface area contributed by atoms with Gasteiger partial charge >= 0.3 is 0 Å². The van der Waals surface area contributed by atoms with Crippen molar-refractivity contribution in [2.75, 3.05) is 0 Å². The van der Waals surface area contributed by atoms with Crippen molar-refractivity contribution in [2.45, 2.75) is 6.92 Å². The first-order valence-corrected chi connectivity index (χ1v) is 4.75. The predicted octanol–water partition coefficient (Wildman–Crippen LogP) is 2.45. The summed E-state index contributed by atoms with van der Waals surface area (Å²) in [6.07, 6.45) is 3.24. The minimum atomic E-state index is 0.398. The van der Waals surface area contributed by atoms with E-state index in [-0.39, 0.29) is 0 Å². The maximum atomic E-state index is 8.74. The third-order valence-electron chi connectivity index (χ3n) is 2.04. The zero-order valence-corrected chi connectivity index (χ0v) is 8.71. The van der Waals surface area contributed by atoms with Gasteiger partial charge in [-0.3, -0.25) is 4.98 Å². The second kappa shape index (κ2) is 4.41. The van der Waals surface area contributed by atoms with Gasteiger partial charge in [-0.25, -0.2) is 4.98 Å². The third-order valence-corrected chi connectivity index (χ3v) is 2.04. The van der Waals surface area contributed by atoms with Crippen LogP contribution in [0.4, 0.5) is 0 Å². The molecule has 0 N–H and O–H groups in total. The Morgan fingerprint density at radius 2 is 2.12 bits per heavy atom. The summed E-state index contributed by atoms with van der Waals surface area (Å²) in [5.41, 5.74) is 1.30. The molecule has 0 saturated carbocycles. The Bertz CT molecular complexity index is 546. The van der Waals surface area contributed by atoms with Gasteiger partial charge in [0.2, 0.25) is 5.88 Å². The van der Waals surface area contributed by atoms with Gasteiger partial charge < -0.3 is 4.74 Å². The van der Waals surface area contributed by atoms with Gasteiger partial charge in [0.25, 0.3) is 0 Å². The highest BCUT2D eigenvalue weighted by molar-refractivity contribution is 5.35. The summed E-state index contributed by atoms with van der Waals surface area (Å²) in [5.74, 6) is 1.04. The molecule has 2 aromatic rings. The topological polar surface area (TPSA) is 58.8 Å². The number of nitriles is 1. The quantitative estimate of drug-likeness (QED) is 0.765. The first-order chi connectivity index (χ1) is 7.79. The highest BCUT2D eigenvalue weighted by atomic mass is 16.5. The summed E-state index contributed by atoms with van der Waals surface area (Å²) >= 11 is 0. The van der Waals surface area contributed by atoms with Crippen LogP contribution in [0.3, 0.4) is 0 Å². The highest BCUT2D eigenvalue weighted by Gasteiger charge is 2.03. The molecule has 0 atom stereocenters. The van der Waals surface area contributed by atoms with Crippen molar-refractivity contribution < 1.29 is 4.74 Å². The highest BCUT2D eigenvalue weighted by Crippen LogP contribution is 2.21. The molecule has 0 spiro atoms. The fourth-order valence-corrected chi connectivity index (χ4v) is 1.22. The minimum Gasteiger partial charge on any atom is -0.437 e. The SMILES string of the molecule is Cc1ncccc1Oc1cc(C#N)ccn1. The Morgan fingerprint density at radius 1 is 1.25 bits per heavy atom. The molecule has 2 heterocycles. The average Bonchev–Trinajstić information content (AvgIpc) is 2.32. The molecule has 0 unspecified atom stereocenters. The monoisotopic (exact) mass is 211 g/mol. The van der Waals surface area contributed by atoms with Crippen LogP contribution < -0.4 is 4.74 Å². The van der Waals surface area contributed by atoms with E-state index in [1.165, 1.54) is 0 Å². The normalized spacial score (nSPS) is 9.50. The van der Waals surface area contributed by atoms with Gasteiger partial charge in [-0.05, 0) is 25.1 Å². The molecular formula is C12H9N3O. The molecule has 0 fully saturated rings. The Balaban J connectivity index is 2.28. The number of rotatable bonds is 2. The first-order valence-electron chi connectivity index (χ1n) is 4.75. The van der Waals surface area contributed by atoms with Crippen LogP contribution in [0, 0.1) is 18.3 Å². The molecule has 0 aliphatic rings. The Hall–Kier alpha value is -2.41. The predicted molar refractivity (Wildman–Crippen MR) is 58.0 cm³/mol. The molecule has 0 aliphatic heterocycles. The maximum absolute atomic E-state index is 8.74. The van der Waals surface area contributed by atoms with Gasteiger partial charge in [0, 0.05) is 18.5 Å². The lowest BCUT2D eigenvalue weighted by Gasteiger charge is -2.06. The molecule has 0 aromatic carbocycles. The van der Waals surface area contributed by atoms with Crippen LogP contribution in [-0.4, -0.2) is 9.97 Å². The van der Waals surface area contributed by atoms with E-state index < -0.39 is 0 Å². The van der Waals surface area contributed by atoms with Crippen molar-refractivity contribution in [3.63, 3.8) is 0 Å². The number of pyridine rings is 2. The molecule has 0 aliphatic carbocycles. The Morgan fingerprint density at radius 3 is 2.88 bits per heavy atom. The Kier molecular flexibility index (Phi) is 2.79. The molecule has 2 rings (SSSR count). The molecule has 0 amide bonds. The number of aryl methyl sites for hydroxylation is 1. The van der Waals surface area contributed by atoms with E-state index in [2.05, 4.69) is 9.97 Å². The van der Waals surface area contributed by atoms with E-state index in [0.717, 1.165) is 5.69 Å². The van der Waals surface area contributed by atoms with E-state index >= 15 is 0 Å². The standard InChI is InChI=1S/C12H9N3O/c1-9-11(3-2-5-14-9)16-12-7-10(8-13)4-6-15-12/h2-7H,1H3. The van der Waals surface area contributed by atoms with Crippen molar-refractivity contribution >= 4 is 0 Å². The van der Waals surface area contributed by atoms with E-state index in [9.17, 15) is 0 Å². The smallest absolute Gasteiger partial charge is 0.220 e. The molecule has 78 valence electrons. The zero-order chi connectivity index (χ0) is 11.4. The molecule has 0 saturated heterocycles. The summed E-state index contributed by atoms with van der Waals surface area (Å²) in [6.45, 7) is 1.85. The molecule has 4 nitrogen and oxygen atoms in total. The van der Waals surface area contributed by atoms with Crippen LogP contribution in [0.2, 0.25) is 0 Å². The summed E-state index contributed by atoms with van der Waals surface area (Å²) in [4.78, 5) is 8.12. The number of hydrogen-bond acceptors (Lipinski definition) is 4. The van der Waals surface area contributed by atoms with Crippen molar-refractivity contribution in [2.24, 2.45) is 0 Å². The van der Waals surface area contributed by atoms with Crippen LogP contribution in [0.5, 0.6) is 11.6 Å². The van der Waals surface area contributed by atoms with Crippen molar-refractivity contribution in [3.05, 3.63) is 47.9 Å². The van der Waals surface area contributed by atoms with Gasteiger partial charge in [-0.15, -0.1) is 0 Å². The third kappa shape index (κ3) is 2.15. The summed E-state index contributed by atoms with van der Waals surface area (Å²) in [7, 11) is 0. The number of hydrogen-bond donors (Lipinski definition) is 0. The zero-order valence-electron chi connectivity index (χ0n) is 8.71. The minimum absolute atomic E-state index is 0.398. The van der Waals surface area contributed by atoms with E-state index in [0.29, 0.717) is 17.2 Å². The van der Waals surface area contributed by atoms with Crippen molar-refractivity contribution in [1.29, 1.82) is 5.26 Å². The maximum Gasteiger partial charge on any atom is 0.220 e. The van der Waals surface area contributed by atoms with E-state index in [1.54, 1.807) is 30.6 Å². The van der Waals surface area contributed by atoms with Crippen LogP contribution in [0.25, 0.3) is 0 Å². The number of aromatic nitrogens is 2. The van der Waals surface area contributed by atoms with Gasteiger partial charge in [-0.2, -0.15) is 5.26 Å². The summed E-state index contributed by atoms with van der Waals surface area (Å²) in [6, 6.07) is 8.85. The van der Waals surface area contributed by atoms with E-state index in [1.807, 2.05) is 19.1 Å².